The van der Waals surface area contributed by atoms with Crippen LogP contribution in [0.3, 0.4) is 0 Å². The number of carbonyl (C=O) groups excluding carboxylic acids is 1. The number of nitrogens with zero attached hydrogens (tertiary/aromatic N) is 2. The Labute approximate surface area is 142 Å². The predicted molar refractivity (Wildman–Crippen MR) is 92.0 cm³/mol. The van der Waals surface area contributed by atoms with Gasteiger partial charge in [0.1, 0.15) is 5.75 Å². The van der Waals surface area contributed by atoms with Crippen molar-refractivity contribution in [2.75, 3.05) is 7.11 Å². The average molecular weight is 328 g/mol. The highest BCUT2D eigenvalue weighted by atomic mass is 16.5. The highest BCUT2D eigenvalue weighted by Gasteiger charge is 2.38. The number of carbonyl (C=O) groups is 1. The maximum atomic E-state index is 12.9. The molecule has 0 spiro atoms. The van der Waals surface area contributed by atoms with Crippen LogP contribution in [0.2, 0.25) is 0 Å². The van der Waals surface area contributed by atoms with E-state index in [1.165, 1.54) is 0 Å². The van der Waals surface area contributed by atoms with E-state index >= 15 is 0 Å². The summed E-state index contributed by atoms with van der Waals surface area (Å²) in [6.07, 6.45) is 2.14. The zero-order valence-corrected chi connectivity index (χ0v) is 14.7. The summed E-state index contributed by atoms with van der Waals surface area (Å²) in [5.41, 5.74) is 1.15. The largest absolute Gasteiger partial charge is 0.496 e. The summed E-state index contributed by atoms with van der Waals surface area (Å²) in [4.78, 5) is 14.9. The zero-order chi connectivity index (χ0) is 17.3. The lowest BCUT2D eigenvalue weighted by Gasteiger charge is -2.31. The van der Waals surface area contributed by atoms with Gasteiger partial charge in [-0.05, 0) is 37.8 Å². The van der Waals surface area contributed by atoms with Gasteiger partial charge in [-0.1, -0.05) is 31.1 Å². The topological polar surface area (TPSA) is 55.6 Å². The first kappa shape index (κ1) is 16.6. The van der Waals surface area contributed by atoms with Crippen molar-refractivity contribution in [2.24, 2.45) is 5.92 Å². The highest BCUT2D eigenvalue weighted by molar-refractivity contribution is 5.94. The lowest BCUT2D eigenvalue weighted by Crippen LogP contribution is -2.43. The molecule has 0 aliphatic heterocycles. The molecule has 1 aromatic carbocycles. The number of hydrogen-bond donors (Lipinski definition) is 0. The van der Waals surface area contributed by atoms with Gasteiger partial charge in [-0.2, -0.15) is 0 Å². The molecule has 1 atom stereocenters. The van der Waals surface area contributed by atoms with Crippen LogP contribution in [0.25, 0.3) is 11.3 Å². The number of hydrogen-bond acceptors (Lipinski definition) is 4. The monoisotopic (exact) mass is 328 g/mol. The first-order chi connectivity index (χ1) is 11.5. The van der Waals surface area contributed by atoms with Crippen LogP contribution < -0.4 is 4.74 Å². The zero-order valence-electron chi connectivity index (χ0n) is 14.7. The Morgan fingerprint density at radius 3 is 2.62 bits per heavy atom. The van der Waals surface area contributed by atoms with Crippen LogP contribution in [0.4, 0.5) is 0 Å². The molecule has 3 rings (SSSR count). The third-order valence-corrected chi connectivity index (χ3v) is 4.68. The third kappa shape index (κ3) is 3.16. The summed E-state index contributed by atoms with van der Waals surface area (Å²) >= 11 is 0. The number of benzene rings is 1. The molecule has 1 amide bonds. The fraction of sp³-hybridized carbons (Fsp3) is 0.474. The number of para-hydroxylation sites is 1. The van der Waals surface area contributed by atoms with E-state index < -0.39 is 0 Å². The van der Waals surface area contributed by atoms with Crippen LogP contribution in [0.5, 0.6) is 5.75 Å². The summed E-state index contributed by atoms with van der Waals surface area (Å²) < 4.78 is 10.8. The van der Waals surface area contributed by atoms with Crippen LogP contribution >= 0.6 is 0 Å². The van der Waals surface area contributed by atoms with E-state index in [4.69, 9.17) is 9.26 Å². The fourth-order valence-corrected chi connectivity index (χ4v) is 2.84. The van der Waals surface area contributed by atoms with Crippen LogP contribution in [0.1, 0.15) is 44.1 Å². The second-order valence-electron chi connectivity index (χ2n) is 6.70. The molecule has 2 aromatic rings. The van der Waals surface area contributed by atoms with Crippen molar-refractivity contribution >= 4 is 5.91 Å². The molecule has 0 radical (unpaired) electrons. The van der Waals surface area contributed by atoms with Crippen molar-refractivity contribution in [3.63, 3.8) is 0 Å². The molecule has 1 heterocycles. The van der Waals surface area contributed by atoms with Crippen LogP contribution in [0.15, 0.2) is 34.9 Å². The first-order valence-electron chi connectivity index (χ1n) is 8.45. The number of amides is 1. The Morgan fingerprint density at radius 1 is 1.29 bits per heavy atom. The molecule has 1 aliphatic carbocycles. The standard InChI is InChI=1S/C19H24N2O3/c1-12(2)13(3)21(14-9-10-14)19(22)16-11-18(24-20-16)15-7-5-6-8-17(15)23-4/h5-8,11-14H,9-10H2,1-4H3/t13-/m0/s1. The number of ether oxygens (including phenoxy) is 1. The quantitative estimate of drug-likeness (QED) is 0.804. The Morgan fingerprint density at radius 2 is 2.00 bits per heavy atom. The molecule has 1 saturated carbocycles. The van der Waals surface area contributed by atoms with E-state index in [2.05, 4.69) is 25.9 Å². The molecule has 24 heavy (non-hydrogen) atoms. The molecule has 5 heteroatoms. The van der Waals surface area contributed by atoms with Gasteiger partial charge in [-0.15, -0.1) is 0 Å². The van der Waals surface area contributed by atoms with Gasteiger partial charge in [-0.3, -0.25) is 4.79 Å². The molecule has 5 nitrogen and oxygen atoms in total. The van der Waals surface area contributed by atoms with E-state index in [1.807, 2.05) is 29.2 Å². The minimum atomic E-state index is -0.0522. The second-order valence-corrected chi connectivity index (χ2v) is 6.70. The SMILES string of the molecule is COc1ccccc1-c1cc(C(=O)N(C2CC2)[C@@H](C)C(C)C)no1. The van der Waals surface area contributed by atoms with E-state index in [0.29, 0.717) is 29.2 Å². The number of aromatic nitrogens is 1. The predicted octanol–water partition coefficient (Wildman–Crippen LogP) is 4.00. The third-order valence-electron chi connectivity index (χ3n) is 4.68. The van der Waals surface area contributed by atoms with Gasteiger partial charge in [0, 0.05) is 18.2 Å². The van der Waals surface area contributed by atoms with Crippen LogP contribution in [-0.2, 0) is 0 Å². The van der Waals surface area contributed by atoms with Crippen molar-refractivity contribution in [3.05, 3.63) is 36.0 Å². The van der Waals surface area contributed by atoms with Gasteiger partial charge in [0.2, 0.25) is 0 Å². The van der Waals surface area contributed by atoms with Gasteiger partial charge in [0.15, 0.2) is 11.5 Å². The van der Waals surface area contributed by atoms with Crippen molar-refractivity contribution in [3.8, 4) is 17.1 Å². The van der Waals surface area contributed by atoms with Crippen molar-refractivity contribution in [1.29, 1.82) is 0 Å². The average Bonchev–Trinajstić information content (AvgIpc) is 3.29. The van der Waals surface area contributed by atoms with Crippen molar-refractivity contribution < 1.29 is 14.1 Å². The Balaban J connectivity index is 1.88. The Bertz CT molecular complexity index is 719. The minimum Gasteiger partial charge on any atom is -0.496 e. The summed E-state index contributed by atoms with van der Waals surface area (Å²) in [7, 11) is 1.61. The second kappa shape index (κ2) is 6.67. The van der Waals surface area contributed by atoms with E-state index in [0.717, 1.165) is 18.4 Å². The van der Waals surface area contributed by atoms with Crippen LogP contribution in [0, 0.1) is 5.92 Å². The summed E-state index contributed by atoms with van der Waals surface area (Å²) in [6, 6.07) is 9.77. The molecule has 0 bridgehead atoms. The summed E-state index contributed by atoms with van der Waals surface area (Å²) in [5.74, 6) is 1.59. The van der Waals surface area contributed by atoms with Crippen molar-refractivity contribution in [2.45, 2.75) is 45.7 Å². The van der Waals surface area contributed by atoms with Gasteiger partial charge in [0.05, 0.1) is 12.7 Å². The highest BCUT2D eigenvalue weighted by Crippen LogP contribution is 2.34. The number of rotatable bonds is 6. The molecule has 1 aromatic heterocycles. The number of methoxy groups -OCH3 is 1. The van der Waals surface area contributed by atoms with E-state index in [1.54, 1.807) is 13.2 Å². The van der Waals surface area contributed by atoms with Gasteiger partial charge >= 0.3 is 0 Å². The molecular formula is C19H24N2O3. The smallest absolute Gasteiger partial charge is 0.276 e. The maximum Gasteiger partial charge on any atom is 0.276 e. The normalized spacial score (nSPS) is 15.4. The molecular weight excluding hydrogens is 304 g/mol. The Hall–Kier alpha value is -2.30. The molecule has 1 aliphatic rings. The maximum absolute atomic E-state index is 12.9. The molecule has 1 fully saturated rings. The molecule has 0 unspecified atom stereocenters. The van der Waals surface area contributed by atoms with Gasteiger partial charge < -0.3 is 14.2 Å². The minimum absolute atomic E-state index is 0.0522. The van der Waals surface area contributed by atoms with Gasteiger partial charge in [0.25, 0.3) is 5.91 Å². The Kier molecular flexibility index (Phi) is 4.60. The lowest BCUT2D eigenvalue weighted by molar-refractivity contribution is 0.0617. The van der Waals surface area contributed by atoms with E-state index in [9.17, 15) is 4.79 Å². The van der Waals surface area contributed by atoms with Crippen molar-refractivity contribution in [1.82, 2.24) is 10.1 Å². The van der Waals surface area contributed by atoms with E-state index in [-0.39, 0.29) is 11.9 Å². The molecule has 128 valence electrons. The molecule has 0 N–H and O–H groups in total. The fourth-order valence-electron chi connectivity index (χ4n) is 2.84. The first-order valence-corrected chi connectivity index (χ1v) is 8.45. The summed E-state index contributed by atoms with van der Waals surface area (Å²) in [6.45, 7) is 6.37. The lowest BCUT2D eigenvalue weighted by atomic mass is 10.0. The molecule has 0 saturated heterocycles. The van der Waals surface area contributed by atoms with Crippen LogP contribution in [-0.4, -0.2) is 35.2 Å². The van der Waals surface area contributed by atoms with Gasteiger partial charge in [-0.25, -0.2) is 0 Å². The summed E-state index contributed by atoms with van der Waals surface area (Å²) in [5, 5.41) is 4.02.